The van der Waals surface area contributed by atoms with Crippen LogP contribution in [0.15, 0.2) is 48.5 Å². The maximum atomic E-state index is 12.7. The second-order valence-electron chi connectivity index (χ2n) is 5.75. The molecule has 2 N–H and O–H groups in total. The van der Waals surface area contributed by atoms with Gasteiger partial charge >= 0.3 is 0 Å². The van der Waals surface area contributed by atoms with Gasteiger partial charge in [0.15, 0.2) is 0 Å². The maximum absolute atomic E-state index is 12.7. The molecule has 1 aliphatic rings. The third-order valence-electron chi connectivity index (χ3n) is 3.98. The van der Waals surface area contributed by atoms with Gasteiger partial charge in [-0.1, -0.05) is 42.5 Å². The molecule has 1 fully saturated rings. The van der Waals surface area contributed by atoms with Gasteiger partial charge in [-0.15, -0.1) is 0 Å². The smallest absolute Gasteiger partial charge is 0.246 e. The molecule has 2 aromatic carbocycles. The zero-order chi connectivity index (χ0) is 17.1. The number of piperazine rings is 1. The first-order chi connectivity index (χ1) is 11.5. The van der Waals surface area contributed by atoms with Crippen molar-refractivity contribution in [2.45, 2.75) is 19.0 Å². The first kappa shape index (κ1) is 16.8. The normalized spacial score (nSPS) is 17.7. The van der Waals surface area contributed by atoms with Gasteiger partial charge in [0, 0.05) is 13.0 Å². The van der Waals surface area contributed by atoms with Crippen molar-refractivity contribution in [3.63, 3.8) is 0 Å². The molecular formula is C18H17IN2O3. The highest BCUT2D eigenvalue weighted by Gasteiger charge is 2.33. The van der Waals surface area contributed by atoms with E-state index in [0.29, 0.717) is 16.5 Å². The van der Waals surface area contributed by atoms with E-state index in [0.717, 1.165) is 11.1 Å². The average molecular weight is 436 g/mol. The van der Waals surface area contributed by atoms with Crippen LogP contribution in [0.25, 0.3) is 0 Å². The third kappa shape index (κ3) is 3.69. The highest BCUT2D eigenvalue weighted by molar-refractivity contribution is 14.1. The van der Waals surface area contributed by atoms with E-state index < -0.39 is 6.04 Å². The molecule has 3 rings (SSSR count). The lowest BCUT2D eigenvalue weighted by Gasteiger charge is -2.32. The Kier molecular flexibility index (Phi) is 5.03. The fourth-order valence-electron chi connectivity index (χ4n) is 2.79. The summed E-state index contributed by atoms with van der Waals surface area (Å²) in [5, 5.41) is 12.6. The van der Waals surface area contributed by atoms with E-state index in [1.807, 2.05) is 59.0 Å². The van der Waals surface area contributed by atoms with E-state index in [1.54, 1.807) is 17.0 Å². The van der Waals surface area contributed by atoms with Gasteiger partial charge in [0.1, 0.15) is 11.8 Å². The Morgan fingerprint density at radius 2 is 1.88 bits per heavy atom. The zero-order valence-electron chi connectivity index (χ0n) is 12.9. The number of amides is 2. The fourth-order valence-corrected chi connectivity index (χ4v) is 3.37. The van der Waals surface area contributed by atoms with Crippen LogP contribution in [0.3, 0.4) is 0 Å². The quantitative estimate of drug-likeness (QED) is 0.722. The average Bonchev–Trinajstić information content (AvgIpc) is 2.57. The summed E-state index contributed by atoms with van der Waals surface area (Å²) in [7, 11) is 0. The molecule has 1 atom stereocenters. The Morgan fingerprint density at radius 3 is 2.62 bits per heavy atom. The Labute approximate surface area is 153 Å². The number of phenols is 1. The maximum Gasteiger partial charge on any atom is 0.246 e. The number of halogens is 1. The van der Waals surface area contributed by atoms with E-state index >= 15 is 0 Å². The third-order valence-corrected chi connectivity index (χ3v) is 5.22. The molecule has 6 heteroatoms. The standard InChI is InChI=1S/C18H17IN2O3/c19-17-13(7-4-8-15(17)22)9-14-18(24)21(11-16(23)20-14)10-12-5-2-1-3-6-12/h1-8,14,22H,9-11H2,(H,20,23). The van der Waals surface area contributed by atoms with Crippen molar-refractivity contribution in [1.29, 1.82) is 0 Å². The van der Waals surface area contributed by atoms with Gasteiger partial charge in [-0.25, -0.2) is 0 Å². The summed E-state index contributed by atoms with van der Waals surface area (Å²) >= 11 is 2.05. The lowest BCUT2D eigenvalue weighted by Crippen LogP contribution is -2.58. The highest BCUT2D eigenvalue weighted by Crippen LogP contribution is 2.24. The summed E-state index contributed by atoms with van der Waals surface area (Å²) in [4.78, 5) is 26.3. The number of carbonyl (C=O) groups is 2. The molecular weight excluding hydrogens is 419 g/mol. The molecule has 1 unspecified atom stereocenters. The number of benzene rings is 2. The molecule has 2 aromatic rings. The molecule has 0 spiro atoms. The Bertz CT molecular complexity index is 764. The first-order valence-electron chi connectivity index (χ1n) is 7.63. The number of hydrogen-bond acceptors (Lipinski definition) is 3. The first-order valence-corrected chi connectivity index (χ1v) is 8.71. The SMILES string of the molecule is O=C1CN(Cc2ccccc2)C(=O)C(Cc2cccc(O)c2I)N1. The minimum absolute atomic E-state index is 0.0708. The number of nitrogens with one attached hydrogen (secondary N) is 1. The van der Waals surface area contributed by atoms with Crippen molar-refractivity contribution >= 4 is 34.4 Å². The van der Waals surface area contributed by atoms with Crippen LogP contribution in [-0.4, -0.2) is 34.4 Å². The van der Waals surface area contributed by atoms with Crippen LogP contribution in [0.5, 0.6) is 5.75 Å². The lowest BCUT2D eigenvalue weighted by atomic mass is 10.0. The summed E-state index contributed by atoms with van der Waals surface area (Å²) in [5.74, 6) is -0.0767. The molecule has 0 aliphatic carbocycles. The van der Waals surface area contributed by atoms with E-state index in [4.69, 9.17) is 0 Å². The van der Waals surface area contributed by atoms with Gasteiger partial charge < -0.3 is 15.3 Å². The van der Waals surface area contributed by atoms with Crippen molar-refractivity contribution in [1.82, 2.24) is 10.2 Å². The second-order valence-corrected chi connectivity index (χ2v) is 6.83. The van der Waals surface area contributed by atoms with Gasteiger partial charge in [-0.3, -0.25) is 9.59 Å². The molecule has 1 heterocycles. The molecule has 0 aromatic heterocycles. The number of nitrogens with zero attached hydrogens (tertiary/aromatic N) is 1. The highest BCUT2D eigenvalue weighted by atomic mass is 127. The summed E-state index contributed by atoms with van der Waals surface area (Å²) in [6, 6.07) is 14.2. The van der Waals surface area contributed by atoms with Crippen LogP contribution in [0.1, 0.15) is 11.1 Å². The number of phenolic OH excluding ortho intramolecular Hbond substituents is 1. The molecule has 1 saturated heterocycles. The molecule has 0 bridgehead atoms. The summed E-state index contributed by atoms with van der Waals surface area (Å²) < 4.78 is 0.706. The zero-order valence-corrected chi connectivity index (χ0v) is 15.1. The molecule has 0 saturated carbocycles. The van der Waals surface area contributed by atoms with Crippen LogP contribution in [0.4, 0.5) is 0 Å². The number of aromatic hydroxyl groups is 1. The molecule has 2 amide bonds. The van der Waals surface area contributed by atoms with Crippen molar-refractivity contribution in [2.75, 3.05) is 6.54 Å². The minimum Gasteiger partial charge on any atom is -0.507 e. The van der Waals surface area contributed by atoms with Gasteiger partial charge in [0.25, 0.3) is 0 Å². The Morgan fingerprint density at radius 1 is 1.12 bits per heavy atom. The number of carbonyl (C=O) groups excluding carboxylic acids is 2. The van der Waals surface area contributed by atoms with E-state index in [2.05, 4.69) is 5.32 Å². The van der Waals surface area contributed by atoms with Crippen LogP contribution in [0, 0.1) is 3.57 Å². The van der Waals surface area contributed by atoms with Crippen LogP contribution >= 0.6 is 22.6 Å². The predicted molar refractivity (Wildman–Crippen MR) is 98.3 cm³/mol. The fraction of sp³-hybridized carbons (Fsp3) is 0.222. The van der Waals surface area contributed by atoms with E-state index in [1.165, 1.54) is 0 Å². The molecule has 0 radical (unpaired) electrons. The van der Waals surface area contributed by atoms with Crippen molar-refractivity contribution < 1.29 is 14.7 Å². The Balaban J connectivity index is 1.77. The van der Waals surface area contributed by atoms with Gasteiger partial charge in [-0.05, 0) is 39.8 Å². The topological polar surface area (TPSA) is 69.6 Å². The summed E-state index contributed by atoms with van der Waals surface area (Å²) in [5.41, 5.74) is 1.84. The van der Waals surface area contributed by atoms with Gasteiger partial charge in [0.05, 0.1) is 10.1 Å². The largest absolute Gasteiger partial charge is 0.507 e. The predicted octanol–water partition coefficient (Wildman–Crippen LogP) is 2.07. The molecule has 1 aliphatic heterocycles. The molecule has 5 nitrogen and oxygen atoms in total. The van der Waals surface area contributed by atoms with Crippen LogP contribution in [0.2, 0.25) is 0 Å². The number of rotatable bonds is 4. The second kappa shape index (κ2) is 7.21. The summed E-state index contributed by atoms with van der Waals surface area (Å²) in [6.45, 7) is 0.488. The Hall–Kier alpha value is -2.09. The molecule has 24 heavy (non-hydrogen) atoms. The monoisotopic (exact) mass is 436 g/mol. The van der Waals surface area contributed by atoms with Crippen molar-refractivity contribution in [2.24, 2.45) is 0 Å². The van der Waals surface area contributed by atoms with Crippen LogP contribution < -0.4 is 5.32 Å². The molecule has 124 valence electrons. The summed E-state index contributed by atoms with van der Waals surface area (Å²) in [6.07, 6.45) is 0.364. The minimum atomic E-state index is -0.606. The van der Waals surface area contributed by atoms with Crippen LogP contribution in [-0.2, 0) is 22.6 Å². The van der Waals surface area contributed by atoms with Crippen molar-refractivity contribution in [3.8, 4) is 5.75 Å². The lowest BCUT2D eigenvalue weighted by molar-refractivity contribution is -0.144. The van der Waals surface area contributed by atoms with Gasteiger partial charge in [-0.2, -0.15) is 0 Å². The van der Waals surface area contributed by atoms with E-state index in [-0.39, 0.29) is 24.1 Å². The van der Waals surface area contributed by atoms with Gasteiger partial charge in [0.2, 0.25) is 11.8 Å². The van der Waals surface area contributed by atoms with Crippen molar-refractivity contribution in [3.05, 3.63) is 63.2 Å². The van der Waals surface area contributed by atoms with E-state index in [9.17, 15) is 14.7 Å². The number of hydrogen-bond donors (Lipinski definition) is 2.